The van der Waals surface area contributed by atoms with Gasteiger partial charge in [-0.2, -0.15) is 0 Å². The molecular formula is C24H27FN+. The van der Waals surface area contributed by atoms with Crippen LogP contribution in [0.15, 0.2) is 36.5 Å². The Morgan fingerprint density at radius 1 is 0.962 bits per heavy atom. The van der Waals surface area contributed by atoms with Crippen LogP contribution in [0.1, 0.15) is 53.9 Å². The van der Waals surface area contributed by atoms with Crippen LogP contribution in [0.4, 0.5) is 4.39 Å². The molecule has 1 nitrogen and oxygen atoms in total. The highest BCUT2D eigenvalue weighted by Crippen LogP contribution is 2.37. The van der Waals surface area contributed by atoms with Crippen molar-refractivity contribution in [3.05, 3.63) is 64.6 Å². The summed E-state index contributed by atoms with van der Waals surface area (Å²) in [5.41, 5.74) is 6.25. The van der Waals surface area contributed by atoms with Gasteiger partial charge < -0.3 is 0 Å². The smallest absolute Gasteiger partial charge is 0.206 e. The summed E-state index contributed by atoms with van der Waals surface area (Å²) < 4.78 is 16.5. The Bertz CT molecular complexity index is 997. The van der Waals surface area contributed by atoms with Gasteiger partial charge >= 0.3 is 0 Å². The molecule has 1 aromatic heterocycles. The van der Waals surface area contributed by atoms with E-state index in [1.54, 1.807) is 0 Å². The van der Waals surface area contributed by atoms with Gasteiger partial charge in [-0.15, -0.1) is 0 Å². The molecular weight excluding hydrogens is 321 g/mol. The summed E-state index contributed by atoms with van der Waals surface area (Å²) in [5, 5.41) is 2.52. The Labute approximate surface area is 155 Å². The molecule has 1 heterocycles. The standard InChI is InChI=1S/C24H27FN/c1-15-13-22(16(2)17(3)23(15)25)24-21-10-9-19(18-7-5-6-8-18)14-20(21)11-12-26(24)4/h9-14,18H,5-8H2,1-4H3/q+1. The van der Waals surface area contributed by atoms with E-state index in [1.165, 1.54) is 47.7 Å². The average molecular weight is 348 g/mol. The number of aryl methyl sites for hydroxylation is 2. The molecule has 0 spiro atoms. The zero-order chi connectivity index (χ0) is 18.4. The van der Waals surface area contributed by atoms with E-state index in [0.717, 1.165) is 16.7 Å². The summed E-state index contributed by atoms with van der Waals surface area (Å²) in [7, 11) is 2.08. The van der Waals surface area contributed by atoms with Crippen molar-refractivity contribution in [1.29, 1.82) is 0 Å². The number of hydrogen-bond acceptors (Lipinski definition) is 0. The van der Waals surface area contributed by atoms with Crippen LogP contribution in [0.2, 0.25) is 0 Å². The zero-order valence-electron chi connectivity index (χ0n) is 16.2. The number of nitrogens with zero attached hydrogens (tertiary/aromatic N) is 1. The average Bonchev–Trinajstić information content (AvgIpc) is 3.18. The molecule has 0 saturated heterocycles. The molecule has 4 rings (SSSR count). The van der Waals surface area contributed by atoms with Gasteiger partial charge in [0.15, 0.2) is 6.20 Å². The quantitative estimate of drug-likeness (QED) is 0.496. The molecule has 2 heteroatoms. The van der Waals surface area contributed by atoms with Crippen LogP contribution in [0, 0.1) is 26.6 Å². The van der Waals surface area contributed by atoms with Crippen molar-refractivity contribution >= 4 is 10.8 Å². The third kappa shape index (κ3) is 2.72. The van der Waals surface area contributed by atoms with Crippen LogP contribution >= 0.6 is 0 Å². The van der Waals surface area contributed by atoms with Crippen molar-refractivity contribution in [3.8, 4) is 11.3 Å². The van der Waals surface area contributed by atoms with Crippen molar-refractivity contribution in [2.24, 2.45) is 7.05 Å². The topological polar surface area (TPSA) is 3.88 Å². The minimum Gasteiger partial charge on any atom is -0.206 e. The monoisotopic (exact) mass is 348 g/mol. The number of rotatable bonds is 2. The molecule has 26 heavy (non-hydrogen) atoms. The Kier molecular flexibility index (Phi) is 4.30. The summed E-state index contributed by atoms with van der Waals surface area (Å²) in [6.45, 7) is 5.76. The minimum atomic E-state index is -0.0855. The molecule has 3 aromatic rings. The largest absolute Gasteiger partial charge is 0.220 e. The second-order valence-electron chi connectivity index (χ2n) is 7.91. The van der Waals surface area contributed by atoms with Gasteiger partial charge in [-0.05, 0) is 79.3 Å². The first-order valence-corrected chi connectivity index (χ1v) is 9.66. The number of hydrogen-bond donors (Lipinski definition) is 0. The van der Waals surface area contributed by atoms with E-state index < -0.39 is 0 Å². The van der Waals surface area contributed by atoms with Gasteiger partial charge in [-0.3, -0.25) is 0 Å². The van der Waals surface area contributed by atoms with E-state index >= 15 is 0 Å². The van der Waals surface area contributed by atoms with Gasteiger partial charge in [0.25, 0.3) is 0 Å². The van der Waals surface area contributed by atoms with E-state index in [-0.39, 0.29) is 5.82 Å². The number of aromatic nitrogens is 1. The highest BCUT2D eigenvalue weighted by atomic mass is 19.1. The third-order valence-corrected chi connectivity index (χ3v) is 6.25. The van der Waals surface area contributed by atoms with Gasteiger partial charge in [0, 0.05) is 6.07 Å². The highest BCUT2D eigenvalue weighted by molar-refractivity contribution is 5.94. The fourth-order valence-corrected chi connectivity index (χ4v) is 4.54. The molecule has 1 saturated carbocycles. The molecule has 134 valence electrons. The summed E-state index contributed by atoms with van der Waals surface area (Å²) >= 11 is 0. The van der Waals surface area contributed by atoms with Gasteiger partial charge in [-0.25, -0.2) is 8.96 Å². The molecule has 2 aromatic carbocycles. The van der Waals surface area contributed by atoms with Crippen molar-refractivity contribution in [1.82, 2.24) is 0 Å². The molecule has 0 atom stereocenters. The van der Waals surface area contributed by atoms with Crippen molar-refractivity contribution in [2.45, 2.75) is 52.4 Å². The molecule has 0 unspecified atom stereocenters. The van der Waals surface area contributed by atoms with Gasteiger partial charge in [0.2, 0.25) is 5.69 Å². The Morgan fingerprint density at radius 3 is 2.42 bits per heavy atom. The number of halogens is 1. The lowest BCUT2D eigenvalue weighted by Crippen LogP contribution is -2.31. The maximum absolute atomic E-state index is 14.3. The summed E-state index contributed by atoms with van der Waals surface area (Å²) in [5.74, 6) is 0.631. The number of pyridine rings is 1. The fourth-order valence-electron chi connectivity index (χ4n) is 4.54. The summed E-state index contributed by atoms with van der Waals surface area (Å²) in [4.78, 5) is 0. The second-order valence-corrected chi connectivity index (χ2v) is 7.91. The molecule has 0 amide bonds. The van der Waals surface area contributed by atoms with Gasteiger partial charge in [-0.1, -0.05) is 25.0 Å². The van der Waals surface area contributed by atoms with E-state index in [2.05, 4.69) is 42.1 Å². The summed E-state index contributed by atoms with van der Waals surface area (Å²) in [6, 6.07) is 11.1. The summed E-state index contributed by atoms with van der Waals surface area (Å²) in [6.07, 6.45) is 7.46. The fraction of sp³-hybridized carbons (Fsp3) is 0.375. The van der Waals surface area contributed by atoms with Gasteiger partial charge in [0.1, 0.15) is 12.9 Å². The van der Waals surface area contributed by atoms with Gasteiger partial charge in [0.05, 0.1) is 10.9 Å². The van der Waals surface area contributed by atoms with E-state index in [9.17, 15) is 4.39 Å². The lowest BCUT2D eigenvalue weighted by molar-refractivity contribution is -0.659. The molecule has 0 bridgehead atoms. The molecule has 0 radical (unpaired) electrons. The first kappa shape index (κ1) is 17.2. The lowest BCUT2D eigenvalue weighted by Gasteiger charge is -2.14. The van der Waals surface area contributed by atoms with E-state index in [0.29, 0.717) is 11.5 Å². The third-order valence-electron chi connectivity index (χ3n) is 6.25. The van der Waals surface area contributed by atoms with E-state index in [1.807, 2.05) is 26.8 Å². The molecule has 0 N–H and O–H groups in total. The van der Waals surface area contributed by atoms with Crippen molar-refractivity contribution in [3.63, 3.8) is 0 Å². The SMILES string of the molecule is Cc1cc(-c2c3ccc(C4CCCC4)cc3cc[n+]2C)c(C)c(C)c1F. The van der Waals surface area contributed by atoms with Crippen LogP contribution in [0.25, 0.3) is 22.0 Å². The molecule has 1 aliphatic carbocycles. The van der Waals surface area contributed by atoms with Crippen LogP contribution in [0.5, 0.6) is 0 Å². The second kappa shape index (κ2) is 6.50. The minimum absolute atomic E-state index is 0.0855. The lowest BCUT2D eigenvalue weighted by atomic mass is 9.91. The normalized spacial score (nSPS) is 15.1. The predicted molar refractivity (Wildman–Crippen MR) is 106 cm³/mol. The van der Waals surface area contributed by atoms with E-state index in [4.69, 9.17) is 0 Å². The highest BCUT2D eigenvalue weighted by Gasteiger charge is 2.22. The van der Waals surface area contributed by atoms with Crippen LogP contribution in [0.3, 0.4) is 0 Å². The molecule has 0 aliphatic heterocycles. The van der Waals surface area contributed by atoms with Crippen molar-refractivity contribution < 1.29 is 8.96 Å². The Balaban J connectivity index is 1.94. The van der Waals surface area contributed by atoms with Crippen molar-refractivity contribution in [2.75, 3.05) is 0 Å². The maximum Gasteiger partial charge on any atom is 0.220 e. The Morgan fingerprint density at radius 2 is 1.69 bits per heavy atom. The van der Waals surface area contributed by atoms with Crippen LogP contribution in [-0.4, -0.2) is 0 Å². The Hall–Kier alpha value is -2.22. The van der Waals surface area contributed by atoms with Crippen LogP contribution in [-0.2, 0) is 7.05 Å². The van der Waals surface area contributed by atoms with Crippen LogP contribution < -0.4 is 4.57 Å². The predicted octanol–water partition coefficient (Wildman–Crippen LogP) is 6.05. The first-order chi connectivity index (χ1) is 12.5. The maximum atomic E-state index is 14.3. The number of benzene rings is 2. The number of fused-ring (bicyclic) bond motifs is 1. The molecule has 1 aliphatic rings. The molecule has 1 fully saturated rings. The zero-order valence-corrected chi connectivity index (χ0v) is 16.2. The first-order valence-electron chi connectivity index (χ1n) is 9.66.